The molecule has 0 spiro atoms. The summed E-state index contributed by atoms with van der Waals surface area (Å²) in [6.07, 6.45) is 0.213. The number of hydrogen-bond acceptors (Lipinski definition) is 2. The van der Waals surface area contributed by atoms with E-state index in [-0.39, 0.29) is 31.0 Å². The summed E-state index contributed by atoms with van der Waals surface area (Å²) < 4.78 is 26.4. The van der Waals surface area contributed by atoms with Crippen molar-refractivity contribution in [3.8, 4) is 0 Å². The predicted molar refractivity (Wildman–Crippen MR) is 69.4 cm³/mol. The molecule has 0 fully saturated rings. The van der Waals surface area contributed by atoms with Gasteiger partial charge in [0.15, 0.2) is 0 Å². The number of carboxylic acid groups (broad SMARTS) is 1. The smallest absolute Gasteiger partial charge is 0.303 e. The molecule has 0 saturated carbocycles. The van der Waals surface area contributed by atoms with Crippen LogP contribution in [0.5, 0.6) is 0 Å². The molecular formula is C14H17F2NO3. The molecule has 0 aliphatic carbocycles. The molecule has 0 unspecified atom stereocenters. The number of benzene rings is 1. The third-order valence-electron chi connectivity index (χ3n) is 2.84. The first-order valence-electron chi connectivity index (χ1n) is 6.30. The summed E-state index contributed by atoms with van der Waals surface area (Å²) in [6, 6.07) is 2.56. The van der Waals surface area contributed by atoms with Crippen LogP contribution in [0.1, 0.15) is 37.0 Å². The maximum Gasteiger partial charge on any atom is 0.303 e. The van der Waals surface area contributed by atoms with Gasteiger partial charge < -0.3 is 10.0 Å². The molecule has 0 atom stereocenters. The summed E-state index contributed by atoms with van der Waals surface area (Å²) in [7, 11) is 0. The van der Waals surface area contributed by atoms with Gasteiger partial charge in [-0.2, -0.15) is 0 Å². The molecule has 1 N–H and O–H groups in total. The maximum atomic E-state index is 13.6. The van der Waals surface area contributed by atoms with Crippen molar-refractivity contribution in [2.24, 2.45) is 0 Å². The summed E-state index contributed by atoms with van der Waals surface area (Å²) in [6.45, 7) is 3.71. The first-order chi connectivity index (χ1) is 9.32. The van der Waals surface area contributed by atoms with E-state index < -0.39 is 23.5 Å². The van der Waals surface area contributed by atoms with Crippen LogP contribution in [-0.2, 0) is 4.79 Å². The van der Waals surface area contributed by atoms with Crippen LogP contribution >= 0.6 is 0 Å². The van der Waals surface area contributed by atoms with E-state index in [1.165, 1.54) is 4.90 Å². The normalized spacial score (nSPS) is 10.7. The quantitative estimate of drug-likeness (QED) is 0.874. The van der Waals surface area contributed by atoms with E-state index in [0.29, 0.717) is 6.07 Å². The fourth-order valence-corrected chi connectivity index (χ4v) is 1.81. The minimum absolute atomic E-state index is 0.0671. The van der Waals surface area contributed by atoms with Crippen LogP contribution < -0.4 is 0 Å². The van der Waals surface area contributed by atoms with Crippen LogP contribution in [0.4, 0.5) is 8.78 Å². The summed E-state index contributed by atoms with van der Waals surface area (Å²) in [4.78, 5) is 24.1. The molecule has 1 aromatic carbocycles. The van der Waals surface area contributed by atoms with E-state index in [0.717, 1.165) is 12.1 Å². The Kier molecular flexibility index (Phi) is 5.61. The lowest BCUT2D eigenvalue weighted by Gasteiger charge is -2.26. The molecule has 0 aliphatic rings. The van der Waals surface area contributed by atoms with Gasteiger partial charge in [-0.3, -0.25) is 9.59 Å². The van der Waals surface area contributed by atoms with Gasteiger partial charge >= 0.3 is 5.97 Å². The Hall–Kier alpha value is -1.98. The average molecular weight is 285 g/mol. The molecule has 0 aliphatic heterocycles. The number of carbonyl (C=O) groups excluding carboxylic acids is 1. The number of carboxylic acids is 1. The lowest BCUT2D eigenvalue weighted by atomic mass is 10.1. The predicted octanol–water partition coefficient (Wildman–Crippen LogP) is 2.68. The molecule has 0 heterocycles. The standard InChI is InChI=1S/C14H17F2NO3/c1-9(2)17(7-3-4-13(18)19)14(20)11-6-5-10(15)8-12(11)16/h5-6,8-9H,3-4,7H2,1-2H3,(H,18,19). The topological polar surface area (TPSA) is 57.6 Å². The van der Waals surface area contributed by atoms with Gasteiger partial charge in [-0.05, 0) is 32.4 Å². The summed E-state index contributed by atoms with van der Waals surface area (Å²) in [5, 5.41) is 8.59. The van der Waals surface area contributed by atoms with E-state index >= 15 is 0 Å². The largest absolute Gasteiger partial charge is 0.481 e. The van der Waals surface area contributed by atoms with E-state index in [1.807, 2.05) is 0 Å². The molecule has 4 nitrogen and oxygen atoms in total. The van der Waals surface area contributed by atoms with Crippen LogP contribution in [-0.4, -0.2) is 34.5 Å². The van der Waals surface area contributed by atoms with Gasteiger partial charge in [0.2, 0.25) is 0 Å². The van der Waals surface area contributed by atoms with Crippen molar-refractivity contribution in [3.05, 3.63) is 35.4 Å². The number of amides is 1. The van der Waals surface area contributed by atoms with Crippen LogP contribution in [0.2, 0.25) is 0 Å². The third kappa shape index (κ3) is 4.29. The molecule has 0 aromatic heterocycles. The minimum Gasteiger partial charge on any atom is -0.481 e. The second kappa shape index (κ2) is 6.98. The Morgan fingerprint density at radius 1 is 1.30 bits per heavy atom. The summed E-state index contributed by atoms with van der Waals surface area (Å²) >= 11 is 0. The average Bonchev–Trinajstić information content (AvgIpc) is 2.33. The van der Waals surface area contributed by atoms with Gasteiger partial charge in [0.1, 0.15) is 11.6 Å². The van der Waals surface area contributed by atoms with Gasteiger partial charge in [-0.25, -0.2) is 8.78 Å². The number of halogens is 2. The van der Waals surface area contributed by atoms with Crippen molar-refractivity contribution in [1.82, 2.24) is 4.90 Å². The number of carbonyl (C=O) groups is 2. The molecule has 110 valence electrons. The lowest BCUT2D eigenvalue weighted by Crippen LogP contribution is -2.38. The minimum atomic E-state index is -0.950. The second-order valence-electron chi connectivity index (χ2n) is 4.71. The van der Waals surface area contributed by atoms with Crippen molar-refractivity contribution in [3.63, 3.8) is 0 Å². The van der Waals surface area contributed by atoms with E-state index in [4.69, 9.17) is 5.11 Å². The molecule has 0 saturated heterocycles. The van der Waals surface area contributed by atoms with Crippen molar-refractivity contribution >= 4 is 11.9 Å². The molecule has 1 rings (SSSR count). The molecule has 1 aromatic rings. The third-order valence-corrected chi connectivity index (χ3v) is 2.84. The van der Waals surface area contributed by atoms with Crippen LogP contribution in [0.15, 0.2) is 18.2 Å². The summed E-state index contributed by atoms with van der Waals surface area (Å²) in [5.74, 6) is -3.18. The first-order valence-corrected chi connectivity index (χ1v) is 6.30. The molecule has 0 bridgehead atoms. The zero-order valence-electron chi connectivity index (χ0n) is 11.4. The zero-order valence-corrected chi connectivity index (χ0v) is 11.4. The van der Waals surface area contributed by atoms with Crippen LogP contribution in [0.3, 0.4) is 0 Å². The highest BCUT2D eigenvalue weighted by atomic mass is 19.1. The Bertz CT molecular complexity index is 503. The highest BCUT2D eigenvalue weighted by Crippen LogP contribution is 2.15. The monoisotopic (exact) mass is 285 g/mol. The Morgan fingerprint density at radius 2 is 1.95 bits per heavy atom. The maximum absolute atomic E-state index is 13.6. The van der Waals surface area contributed by atoms with Gasteiger partial charge in [0, 0.05) is 25.1 Å². The van der Waals surface area contributed by atoms with Gasteiger partial charge in [-0.15, -0.1) is 0 Å². The first kappa shape index (κ1) is 16.1. The van der Waals surface area contributed by atoms with Gasteiger partial charge in [0.25, 0.3) is 5.91 Å². The van der Waals surface area contributed by atoms with Crippen LogP contribution in [0, 0.1) is 11.6 Å². The fourth-order valence-electron chi connectivity index (χ4n) is 1.81. The van der Waals surface area contributed by atoms with E-state index in [2.05, 4.69) is 0 Å². The second-order valence-corrected chi connectivity index (χ2v) is 4.71. The molecular weight excluding hydrogens is 268 g/mol. The SMILES string of the molecule is CC(C)N(CCCC(=O)O)C(=O)c1ccc(F)cc1F. The molecule has 20 heavy (non-hydrogen) atoms. The number of aliphatic carboxylic acids is 1. The summed E-state index contributed by atoms with van der Waals surface area (Å²) in [5.41, 5.74) is -0.213. The Morgan fingerprint density at radius 3 is 2.45 bits per heavy atom. The Labute approximate surface area is 116 Å². The number of nitrogens with zero attached hydrogens (tertiary/aromatic N) is 1. The highest BCUT2D eigenvalue weighted by molar-refractivity contribution is 5.94. The fraction of sp³-hybridized carbons (Fsp3) is 0.429. The number of rotatable bonds is 6. The van der Waals surface area contributed by atoms with Gasteiger partial charge in [-0.1, -0.05) is 0 Å². The number of hydrogen-bond donors (Lipinski definition) is 1. The Balaban J connectivity index is 2.85. The molecule has 0 radical (unpaired) electrons. The molecule has 1 amide bonds. The van der Waals surface area contributed by atoms with Crippen LogP contribution in [0.25, 0.3) is 0 Å². The van der Waals surface area contributed by atoms with Crippen molar-refractivity contribution in [1.29, 1.82) is 0 Å². The lowest BCUT2D eigenvalue weighted by molar-refractivity contribution is -0.137. The molecule has 6 heteroatoms. The van der Waals surface area contributed by atoms with Crippen molar-refractivity contribution in [2.45, 2.75) is 32.7 Å². The highest BCUT2D eigenvalue weighted by Gasteiger charge is 2.21. The van der Waals surface area contributed by atoms with Gasteiger partial charge in [0.05, 0.1) is 5.56 Å². The van der Waals surface area contributed by atoms with Crippen molar-refractivity contribution in [2.75, 3.05) is 6.54 Å². The zero-order chi connectivity index (χ0) is 15.3. The van der Waals surface area contributed by atoms with E-state index in [1.54, 1.807) is 13.8 Å². The van der Waals surface area contributed by atoms with Crippen molar-refractivity contribution < 1.29 is 23.5 Å². The van der Waals surface area contributed by atoms with E-state index in [9.17, 15) is 18.4 Å².